The molecule has 18 heavy (non-hydrogen) atoms. The Balaban J connectivity index is 2.18. The van der Waals surface area contributed by atoms with Crippen LogP contribution in [0.15, 0.2) is 46.0 Å². The minimum atomic E-state index is -1.06. The first-order valence-electron chi connectivity index (χ1n) is 5.04. The molecule has 0 radical (unpaired) electrons. The number of aliphatic imine (C=N–C) groups is 1. The van der Waals surface area contributed by atoms with E-state index in [1.807, 2.05) is 0 Å². The van der Waals surface area contributed by atoms with Gasteiger partial charge in [0.15, 0.2) is 0 Å². The summed E-state index contributed by atoms with van der Waals surface area (Å²) in [4.78, 5) is 14.1. The van der Waals surface area contributed by atoms with Crippen molar-refractivity contribution in [2.45, 2.75) is 6.54 Å². The van der Waals surface area contributed by atoms with Gasteiger partial charge in [-0.3, -0.25) is 4.52 Å². The predicted molar refractivity (Wildman–Crippen MR) is 57.0 cm³/mol. The van der Waals surface area contributed by atoms with E-state index in [4.69, 9.17) is 9.63 Å². The Labute approximate surface area is 102 Å². The van der Waals surface area contributed by atoms with Crippen molar-refractivity contribution in [2.24, 2.45) is 4.99 Å². The van der Waals surface area contributed by atoms with Gasteiger partial charge in [0.05, 0.1) is 0 Å². The topological polar surface area (TPSA) is 103 Å². The maximum absolute atomic E-state index is 11.7. The Morgan fingerprint density at radius 1 is 1.44 bits per heavy atom. The van der Waals surface area contributed by atoms with E-state index >= 15 is 0 Å². The third-order valence-electron chi connectivity index (χ3n) is 2.03. The normalized spacial score (nSPS) is 11.4. The molecule has 2 rings (SSSR count). The zero-order valence-electron chi connectivity index (χ0n) is 9.18. The van der Waals surface area contributed by atoms with Crippen LogP contribution in [-0.4, -0.2) is 22.2 Å². The second kappa shape index (κ2) is 5.09. The average molecular weight is 247 g/mol. The Morgan fingerprint density at radius 3 is 2.83 bits per heavy atom. The number of aliphatic carboxylic acids is 1. The van der Waals surface area contributed by atoms with Gasteiger partial charge in [-0.1, -0.05) is 30.3 Å². The number of nitrogens with zero attached hydrogens (tertiary/aromatic N) is 3. The van der Waals surface area contributed by atoms with E-state index < -0.39 is 11.9 Å². The Kier molecular flexibility index (Phi) is 3.33. The van der Waals surface area contributed by atoms with Gasteiger partial charge in [-0.15, -0.1) is 0 Å². The van der Waals surface area contributed by atoms with Crippen molar-refractivity contribution >= 4 is 17.8 Å². The molecule has 0 aliphatic carbocycles. The van der Waals surface area contributed by atoms with Crippen LogP contribution in [0.4, 0.5) is 5.88 Å². The van der Waals surface area contributed by atoms with Crippen LogP contribution in [0.25, 0.3) is 0 Å². The minimum Gasteiger partial charge on any atom is -0.858 e. The molecule has 2 aromatic rings. The van der Waals surface area contributed by atoms with Crippen molar-refractivity contribution in [3.8, 4) is 0 Å². The van der Waals surface area contributed by atoms with Crippen LogP contribution >= 0.6 is 0 Å². The molecular weight excluding hydrogens is 238 g/mol. The SMILES string of the molecule is O=C(O)C[n+]1cc(N=C([O-])c2ccccc2)on1. The Morgan fingerprint density at radius 2 is 2.17 bits per heavy atom. The Bertz CT molecular complexity index is 577. The smallest absolute Gasteiger partial charge is 0.372 e. The highest BCUT2D eigenvalue weighted by Crippen LogP contribution is 2.08. The fourth-order valence-electron chi connectivity index (χ4n) is 1.28. The van der Waals surface area contributed by atoms with Gasteiger partial charge in [0.1, 0.15) is 0 Å². The molecule has 1 heterocycles. The molecule has 7 heteroatoms. The monoisotopic (exact) mass is 247 g/mol. The molecule has 7 nitrogen and oxygen atoms in total. The summed E-state index contributed by atoms with van der Waals surface area (Å²) in [5.41, 5.74) is 0.415. The predicted octanol–water partition coefficient (Wildman–Crippen LogP) is -0.515. The van der Waals surface area contributed by atoms with Crippen LogP contribution in [0, 0.1) is 0 Å². The molecule has 0 saturated heterocycles. The molecule has 1 aromatic heterocycles. The summed E-state index contributed by atoms with van der Waals surface area (Å²) in [6.07, 6.45) is 1.24. The molecule has 0 unspecified atom stereocenters. The first-order valence-corrected chi connectivity index (χ1v) is 5.04. The molecule has 0 aliphatic heterocycles. The summed E-state index contributed by atoms with van der Waals surface area (Å²) in [7, 11) is 0. The standard InChI is InChI=1S/C11H9N3O4/c15-10(16)7-14-6-9(18-13-14)12-11(17)8-4-2-1-3-5-8/h1-6H,7H2,(H-,12,13,15,16,17). The summed E-state index contributed by atoms with van der Waals surface area (Å²) in [5, 5.41) is 23.6. The van der Waals surface area contributed by atoms with Gasteiger partial charge < -0.3 is 10.2 Å². The van der Waals surface area contributed by atoms with Crippen LogP contribution in [0.3, 0.4) is 0 Å². The lowest BCUT2D eigenvalue weighted by Gasteiger charge is -2.07. The largest absolute Gasteiger partial charge is 0.858 e. The Hall–Kier alpha value is -2.70. The number of carboxylic acids is 1. The summed E-state index contributed by atoms with van der Waals surface area (Å²) < 4.78 is 5.76. The molecule has 0 aliphatic rings. The average Bonchev–Trinajstić information content (AvgIpc) is 2.76. The van der Waals surface area contributed by atoms with E-state index in [-0.39, 0.29) is 12.4 Å². The molecule has 0 amide bonds. The molecule has 0 spiro atoms. The van der Waals surface area contributed by atoms with E-state index in [2.05, 4.69) is 10.3 Å². The summed E-state index contributed by atoms with van der Waals surface area (Å²) in [5.74, 6) is -1.58. The van der Waals surface area contributed by atoms with Gasteiger partial charge in [-0.25, -0.2) is 9.79 Å². The summed E-state index contributed by atoms with van der Waals surface area (Å²) in [6.45, 7) is -0.349. The zero-order chi connectivity index (χ0) is 13.0. The maximum Gasteiger partial charge on any atom is 0.372 e. The first kappa shape index (κ1) is 11.8. The molecule has 1 aromatic carbocycles. The highest BCUT2D eigenvalue weighted by atomic mass is 16.5. The second-order valence-electron chi connectivity index (χ2n) is 3.41. The fourth-order valence-corrected chi connectivity index (χ4v) is 1.28. The van der Waals surface area contributed by atoms with E-state index in [0.717, 1.165) is 4.68 Å². The quantitative estimate of drug-likeness (QED) is 0.445. The third kappa shape index (κ3) is 2.91. The van der Waals surface area contributed by atoms with Gasteiger partial charge in [0, 0.05) is 0 Å². The number of benzene rings is 1. The maximum atomic E-state index is 11.7. The van der Waals surface area contributed by atoms with Crippen LogP contribution in [-0.2, 0) is 11.3 Å². The van der Waals surface area contributed by atoms with E-state index in [0.29, 0.717) is 5.56 Å². The zero-order valence-corrected chi connectivity index (χ0v) is 9.18. The highest BCUT2D eigenvalue weighted by molar-refractivity contribution is 5.91. The molecule has 0 bridgehead atoms. The number of carbonyl (C=O) groups is 1. The van der Waals surface area contributed by atoms with Crippen LogP contribution in [0.5, 0.6) is 0 Å². The van der Waals surface area contributed by atoms with Crippen molar-refractivity contribution in [2.75, 3.05) is 0 Å². The number of hydrogen-bond donors (Lipinski definition) is 1. The number of aromatic nitrogens is 2. The van der Waals surface area contributed by atoms with E-state index in [1.165, 1.54) is 6.20 Å². The van der Waals surface area contributed by atoms with Crippen molar-refractivity contribution in [3.05, 3.63) is 42.1 Å². The van der Waals surface area contributed by atoms with Gasteiger partial charge >= 0.3 is 11.9 Å². The van der Waals surface area contributed by atoms with Crippen LogP contribution < -0.4 is 9.79 Å². The lowest BCUT2D eigenvalue weighted by Crippen LogP contribution is -2.38. The molecule has 0 atom stereocenters. The number of hydrogen-bond acceptors (Lipinski definition) is 5. The second-order valence-corrected chi connectivity index (χ2v) is 3.41. The molecule has 0 saturated carbocycles. The fraction of sp³-hybridized carbons (Fsp3) is 0.0909. The van der Waals surface area contributed by atoms with Gasteiger partial charge in [-0.05, 0) is 16.1 Å². The summed E-state index contributed by atoms with van der Waals surface area (Å²) in [6, 6.07) is 8.45. The van der Waals surface area contributed by atoms with Gasteiger partial charge in [-0.2, -0.15) is 0 Å². The lowest BCUT2D eigenvalue weighted by molar-refractivity contribution is -0.752. The lowest BCUT2D eigenvalue weighted by atomic mass is 10.2. The molecule has 92 valence electrons. The third-order valence-corrected chi connectivity index (χ3v) is 2.03. The van der Waals surface area contributed by atoms with Crippen molar-refractivity contribution in [1.29, 1.82) is 0 Å². The number of rotatable bonds is 4. The molecular formula is C11H9N3O4. The van der Waals surface area contributed by atoms with E-state index in [9.17, 15) is 9.90 Å². The van der Waals surface area contributed by atoms with E-state index in [1.54, 1.807) is 30.3 Å². The van der Waals surface area contributed by atoms with Gasteiger partial charge in [0.2, 0.25) is 5.27 Å². The minimum absolute atomic E-state index is 0.0369. The van der Waals surface area contributed by atoms with Crippen LogP contribution in [0.2, 0.25) is 0 Å². The molecule has 0 fully saturated rings. The highest BCUT2D eigenvalue weighted by Gasteiger charge is 2.14. The van der Waals surface area contributed by atoms with Crippen molar-refractivity contribution in [3.63, 3.8) is 0 Å². The van der Waals surface area contributed by atoms with Crippen molar-refractivity contribution < 1.29 is 24.2 Å². The number of carboxylic acid groups (broad SMARTS) is 1. The van der Waals surface area contributed by atoms with Gasteiger partial charge in [0.25, 0.3) is 12.7 Å². The first-order chi connectivity index (χ1) is 8.65. The van der Waals surface area contributed by atoms with Crippen LogP contribution in [0.1, 0.15) is 5.56 Å². The summed E-state index contributed by atoms with van der Waals surface area (Å²) >= 11 is 0. The van der Waals surface area contributed by atoms with Crippen molar-refractivity contribution in [1.82, 2.24) is 5.27 Å². The molecule has 1 N–H and O–H groups in total.